The second kappa shape index (κ2) is 7.31. The van der Waals surface area contributed by atoms with Gasteiger partial charge in [-0.25, -0.2) is 0 Å². The normalized spacial score (nSPS) is 14.9. The van der Waals surface area contributed by atoms with E-state index in [9.17, 15) is 4.79 Å². The van der Waals surface area contributed by atoms with Crippen molar-refractivity contribution in [1.29, 1.82) is 0 Å². The van der Waals surface area contributed by atoms with E-state index in [1.165, 1.54) is 0 Å². The van der Waals surface area contributed by atoms with Crippen molar-refractivity contribution < 1.29 is 23.7 Å². The molecule has 0 aromatic heterocycles. The SMILES string of the molecule is C=C1c2cc(OC)c(OC)cc2CCN1C(=O)/C=C/c1ccc2c(c1)OCO2. The number of carbonyl (C=O) groups excluding carboxylic acids is 1. The zero-order chi connectivity index (χ0) is 19.7. The molecule has 0 bridgehead atoms. The maximum absolute atomic E-state index is 12.8. The fourth-order valence-corrected chi connectivity index (χ4v) is 3.43. The van der Waals surface area contributed by atoms with E-state index in [0.717, 1.165) is 23.1 Å². The molecule has 2 aliphatic rings. The van der Waals surface area contributed by atoms with Crippen molar-refractivity contribution in [2.24, 2.45) is 0 Å². The summed E-state index contributed by atoms with van der Waals surface area (Å²) in [4.78, 5) is 14.4. The van der Waals surface area contributed by atoms with Crippen LogP contribution in [0.1, 0.15) is 16.7 Å². The van der Waals surface area contributed by atoms with Crippen molar-refractivity contribution in [3.8, 4) is 23.0 Å². The van der Waals surface area contributed by atoms with Crippen LogP contribution in [-0.2, 0) is 11.2 Å². The van der Waals surface area contributed by atoms with Gasteiger partial charge in [0.25, 0.3) is 5.91 Å². The number of hydrogen-bond acceptors (Lipinski definition) is 5. The van der Waals surface area contributed by atoms with Crippen LogP contribution in [-0.4, -0.2) is 38.4 Å². The first-order valence-electron chi connectivity index (χ1n) is 8.94. The lowest BCUT2D eigenvalue weighted by Gasteiger charge is -2.30. The third-order valence-corrected chi connectivity index (χ3v) is 4.93. The van der Waals surface area contributed by atoms with Crippen LogP contribution in [0.2, 0.25) is 0 Å². The van der Waals surface area contributed by atoms with Crippen molar-refractivity contribution in [3.63, 3.8) is 0 Å². The molecule has 6 heteroatoms. The number of hydrogen-bond donors (Lipinski definition) is 0. The van der Waals surface area contributed by atoms with Gasteiger partial charge in [-0.15, -0.1) is 0 Å². The molecule has 4 rings (SSSR count). The monoisotopic (exact) mass is 379 g/mol. The predicted octanol–water partition coefficient (Wildman–Crippen LogP) is 3.50. The summed E-state index contributed by atoms with van der Waals surface area (Å²) in [5.41, 5.74) is 3.51. The number of carbonyl (C=O) groups is 1. The van der Waals surface area contributed by atoms with E-state index in [4.69, 9.17) is 18.9 Å². The molecule has 0 radical (unpaired) electrons. The lowest BCUT2D eigenvalue weighted by molar-refractivity contribution is -0.123. The van der Waals surface area contributed by atoms with Crippen LogP contribution in [0.5, 0.6) is 23.0 Å². The number of methoxy groups -OCH3 is 2. The molecule has 0 saturated carbocycles. The largest absolute Gasteiger partial charge is 0.493 e. The lowest BCUT2D eigenvalue weighted by atomic mass is 9.96. The average molecular weight is 379 g/mol. The Labute approximate surface area is 163 Å². The van der Waals surface area contributed by atoms with Crippen LogP contribution < -0.4 is 18.9 Å². The number of ether oxygens (including phenoxy) is 4. The first-order valence-corrected chi connectivity index (χ1v) is 8.94. The smallest absolute Gasteiger partial charge is 0.250 e. The molecule has 6 nitrogen and oxygen atoms in total. The maximum atomic E-state index is 12.8. The van der Waals surface area contributed by atoms with Gasteiger partial charge in [-0.2, -0.15) is 0 Å². The molecule has 0 N–H and O–H groups in total. The van der Waals surface area contributed by atoms with E-state index < -0.39 is 0 Å². The number of fused-ring (bicyclic) bond motifs is 2. The molecule has 0 unspecified atom stereocenters. The van der Waals surface area contributed by atoms with E-state index >= 15 is 0 Å². The molecule has 0 spiro atoms. The van der Waals surface area contributed by atoms with Gasteiger partial charge in [0.05, 0.1) is 14.2 Å². The van der Waals surface area contributed by atoms with E-state index in [1.54, 1.807) is 31.3 Å². The minimum absolute atomic E-state index is 0.122. The Morgan fingerprint density at radius 2 is 1.86 bits per heavy atom. The summed E-state index contributed by atoms with van der Waals surface area (Å²) in [6.45, 7) is 4.92. The molecule has 2 aromatic carbocycles. The van der Waals surface area contributed by atoms with Crippen LogP contribution in [0.25, 0.3) is 11.8 Å². The van der Waals surface area contributed by atoms with E-state index in [2.05, 4.69) is 6.58 Å². The minimum atomic E-state index is -0.122. The fourth-order valence-electron chi connectivity index (χ4n) is 3.43. The molecule has 0 saturated heterocycles. The fraction of sp³-hybridized carbons (Fsp3) is 0.227. The molecule has 0 aliphatic carbocycles. The molecule has 2 aliphatic heterocycles. The standard InChI is InChI=1S/C22H21NO5/c1-14-17-12-20(26-3)19(25-2)11-16(17)8-9-23(14)22(24)7-5-15-4-6-18-21(10-15)28-13-27-18/h4-7,10-12H,1,8-9,13H2,2-3H3/b7-5+. The first kappa shape index (κ1) is 18.0. The van der Waals surface area contributed by atoms with Crippen LogP contribution in [0.4, 0.5) is 0 Å². The van der Waals surface area contributed by atoms with Gasteiger partial charge < -0.3 is 23.8 Å². The Hall–Kier alpha value is -3.41. The molecule has 2 aromatic rings. The molecular formula is C22H21NO5. The predicted molar refractivity (Wildman–Crippen MR) is 106 cm³/mol. The summed E-state index contributed by atoms with van der Waals surface area (Å²) in [5.74, 6) is 2.58. The summed E-state index contributed by atoms with van der Waals surface area (Å²) in [5, 5.41) is 0. The van der Waals surface area contributed by atoms with Gasteiger partial charge in [-0.05, 0) is 47.9 Å². The second-order valence-corrected chi connectivity index (χ2v) is 6.50. The van der Waals surface area contributed by atoms with Gasteiger partial charge in [0.2, 0.25) is 6.79 Å². The Morgan fingerprint density at radius 3 is 2.64 bits per heavy atom. The Kier molecular flexibility index (Phi) is 4.69. The van der Waals surface area contributed by atoms with Gasteiger partial charge in [0.15, 0.2) is 23.0 Å². The summed E-state index contributed by atoms with van der Waals surface area (Å²) < 4.78 is 21.4. The van der Waals surface area contributed by atoms with Crippen molar-refractivity contribution >= 4 is 17.7 Å². The highest BCUT2D eigenvalue weighted by molar-refractivity contribution is 5.98. The molecule has 0 fully saturated rings. The minimum Gasteiger partial charge on any atom is -0.493 e. The van der Waals surface area contributed by atoms with Crippen molar-refractivity contribution in [2.45, 2.75) is 6.42 Å². The van der Waals surface area contributed by atoms with Gasteiger partial charge in [0, 0.05) is 23.9 Å². The summed E-state index contributed by atoms with van der Waals surface area (Å²) >= 11 is 0. The molecule has 1 amide bonds. The van der Waals surface area contributed by atoms with E-state index in [-0.39, 0.29) is 12.7 Å². The van der Waals surface area contributed by atoms with Crippen LogP contribution in [0.15, 0.2) is 43.0 Å². The Balaban J connectivity index is 1.54. The van der Waals surface area contributed by atoms with Crippen molar-refractivity contribution in [1.82, 2.24) is 4.90 Å². The Morgan fingerprint density at radius 1 is 1.11 bits per heavy atom. The lowest BCUT2D eigenvalue weighted by Crippen LogP contribution is -2.33. The van der Waals surface area contributed by atoms with Gasteiger partial charge in [-0.3, -0.25) is 4.79 Å². The quantitative estimate of drug-likeness (QED) is 0.761. The Bertz CT molecular complexity index is 979. The number of benzene rings is 2. The molecule has 2 heterocycles. The van der Waals surface area contributed by atoms with Crippen LogP contribution >= 0.6 is 0 Å². The van der Waals surface area contributed by atoms with Gasteiger partial charge in [-0.1, -0.05) is 12.6 Å². The van der Waals surface area contributed by atoms with E-state index in [1.807, 2.05) is 30.3 Å². The van der Waals surface area contributed by atoms with Crippen LogP contribution in [0.3, 0.4) is 0 Å². The molecule has 0 atom stereocenters. The van der Waals surface area contributed by atoms with Gasteiger partial charge >= 0.3 is 0 Å². The van der Waals surface area contributed by atoms with E-state index in [0.29, 0.717) is 35.2 Å². The number of amides is 1. The van der Waals surface area contributed by atoms with Crippen molar-refractivity contribution in [3.05, 3.63) is 59.7 Å². The third kappa shape index (κ3) is 3.17. The summed E-state index contributed by atoms with van der Waals surface area (Å²) in [6, 6.07) is 9.39. The average Bonchev–Trinajstić information content (AvgIpc) is 3.19. The number of rotatable bonds is 4. The highest BCUT2D eigenvalue weighted by atomic mass is 16.7. The number of nitrogens with zero attached hydrogens (tertiary/aromatic N) is 1. The van der Waals surface area contributed by atoms with Crippen LogP contribution in [0, 0.1) is 0 Å². The first-order chi connectivity index (χ1) is 13.6. The zero-order valence-corrected chi connectivity index (χ0v) is 15.9. The molecule has 144 valence electrons. The second-order valence-electron chi connectivity index (χ2n) is 6.50. The molecular weight excluding hydrogens is 358 g/mol. The zero-order valence-electron chi connectivity index (χ0n) is 15.9. The third-order valence-electron chi connectivity index (χ3n) is 4.93. The van der Waals surface area contributed by atoms with Gasteiger partial charge in [0.1, 0.15) is 0 Å². The molecule has 28 heavy (non-hydrogen) atoms. The highest BCUT2D eigenvalue weighted by Gasteiger charge is 2.25. The maximum Gasteiger partial charge on any atom is 0.250 e. The summed E-state index contributed by atoms with van der Waals surface area (Å²) in [6.07, 6.45) is 4.04. The highest BCUT2D eigenvalue weighted by Crippen LogP contribution is 2.37. The van der Waals surface area contributed by atoms with Crippen molar-refractivity contribution in [2.75, 3.05) is 27.6 Å². The summed E-state index contributed by atoms with van der Waals surface area (Å²) in [7, 11) is 3.20. The topological polar surface area (TPSA) is 57.2 Å².